The second-order valence-corrected chi connectivity index (χ2v) is 28.7. The second-order valence-electron chi connectivity index (χ2n) is 28.7. The van der Waals surface area contributed by atoms with Crippen LogP contribution in [0.25, 0.3) is 76.1 Å². The first-order chi connectivity index (χ1) is 59.8. The van der Waals surface area contributed by atoms with Crippen LogP contribution in [0, 0.1) is 313 Å². The first-order valence-electron chi connectivity index (χ1n) is 38.6. The van der Waals surface area contributed by atoms with E-state index in [0.717, 1.165) is 33.2 Å². The molecule has 8 aromatic rings. The summed E-state index contributed by atoms with van der Waals surface area (Å²) in [6.07, 6.45) is 21.6. The molecule has 0 aliphatic heterocycles. The molecule has 0 bridgehead atoms. The highest BCUT2D eigenvalue weighted by molar-refractivity contribution is 7.89. The molecule has 8 aromatic carbocycles. The van der Waals surface area contributed by atoms with Crippen molar-refractivity contribution in [2.24, 2.45) is 0 Å². The molecule has 0 N–H and O–H groups in total. The number of benzene rings is 8. The van der Waals surface area contributed by atoms with Gasteiger partial charge in [-0.05, 0) is 336 Å². The van der Waals surface area contributed by atoms with Crippen molar-refractivity contribution in [3.05, 3.63) is 94.6 Å². The lowest BCUT2D eigenvalue weighted by molar-refractivity contribution is 1.25. The molecule has 0 aliphatic rings. The van der Waals surface area contributed by atoms with Gasteiger partial charge in [0.25, 0.3) is 0 Å². The molecule has 125 heavy (non-hydrogen) atoms. The van der Waals surface area contributed by atoms with Crippen LogP contribution in [0.5, 0.6) is 0 Å². The molecule has 0 saturated carbocycles. The van der Waals surface area contributed by atoms with Crippen LogP contribution in [-0.4, -0.2) is 239 Å². The third kappa shape index (κ3) is 19.3. The molecule has 8 rings (SSSR count). The number of hydrogen-bond donors (Lipinski definition) is 0. The molecule has 508 valence electrons. The van der Waals surface area contributed by atoms with E-state index in [1.807, 2.05) is 55.4 Å². The van der Waals surface area contributed by atoms with Crippen LogP contribution >= 0.6 is 0 Å². The van der Waals surface area contributed by atoms with Gasteiger partial charge in [0.05, 0.1) is 73.0 Å². The van der Waals surface area contributed by atoms with Crippen molar-refractivity contribution in [3.63, 3.8) is 0 Å². The standard InChI is InChI=1S/C92H41B33/c1-18-26-32-36-38-39-42-47-54-71-73-62(16)64(25-8)65(48-24-7)68(49-31-23-6)78(73)79-69(52-43-30-22-5)66(50-44-35-29-21-4)67(51-45-40-34-28-20-3)70(53-46-41-37-33-27-19-2)80(79)81(71)75-60(14)57(11)61(15)76-77(75)63(17)72-58(12)55(9)56(10)59(13)74(72)82(76)84-87(111-94)86(93)83-85(88(84)115(98)112-95)89(116(99)120(100)101)91(117(113-96)121(102)103)92(118(122(104)105)123(106)107)90(83)119(124(108)109)125(110)114-97/h1-2,4,6,8H,3,5,7,9-17H3. The van der Waals surface area contributed by atoms with E-state index >= 15 is 0 Å². The lowest BCUT2D eigenvalue weighted by atomic mass is 8.66. The number of terminal acetylenes is 5. The number of hydrogen-bond acceptors (Lipinski definition) is 0. The molecule has 0 atom stereocenters. The van der Waals surface area contributed by atoms with Gasteiger partial charge in [0, 0.05) is 229 Å². The topological polar surface area (TPSA) is 0 Å². The molecular formula is C92H41B33. The van der Waals surface area contributed by atoms with Crippen molar-refractivity contribution < 1.29 is 0 Å². The summed E-state index contributed by atoms with van der Waals surface area (Å²) >= 11 is 0. The Kier molecular flexibility index (Phi) is 35.0. The molecule has 0 unspecified atom stereocenters. The Hall–Kier alpha value is -12.0. The summed E-state index contributed by atoms with van der Waals surface area (Å²) in [7, 11) is 134. The fraction of sp³-hybridized carbons (Fsp3) is 0.130. The molecule has 0 amide bonds. The summed E-state index contributed by atoms with van der Waals surface area (Å²) in [6, 6.07) is 0. The summed E-state index contributed by atoms with van der Waals surface area (Å²) in [5.41, 5.74) is 11.1. The van der Waals surface area contributed by atoms with Gasteiger partial charge >= 0.3 is 0 Å². The minimum Gasteiger partial charge on any atom is -0.115 e. The smallest absolute Gasteiger partial charge is 0.113 e. The zero-order chi connectivity index (χ0) is 92.3. The monoisotopic (exact) mass is 1510 g/mol. The molecule has 0 aromatic heterocycles. The van der Waals surface area contributed by atoms with Crippen LogP contribution in [0.2, 0.25) is 0 Å². The molecular weight excluding hydrogens is 1460 g/mol. The van der Waals surface area contributed by atoms with E-state index in [2.05, 4.69) is 226 Å². The SMILES string of the molecule is [B][B]B([B])B(B([B])[B])c1c(B(B([B])[B])B([B])[B])c(B([B][B])B([B])[B])c(B([B])B([B])[B])c2c(B([B])[B][B])c(-c3c4c(C)c(C)c(C)c(C)c4c(C)c4c(-c5c(C#CC#CC#CC#CC#C)c6c(C)c(C#C)c(C#CC)c(C#CC#C)c6c6c(C#CC#CC)c(C#CC#CC#C)c(C#CC#CC#CC)c(C#CC#CC#CC#C)c56)c(C)c(C)c(C)c34)c([B][B])c([B])c12. The largest absolute Gasteiger partial charge is 0.115 e. The lowest BCUT2D eigenvalue weighted by Crippen LogP contribution is -2.80. The predicted octanol–water partition coefficient (Wildman–Crippen LogP) is -3.72. The van der Waals surface area contributed by atoms with Gasteiger partial charge in [-0.2, -0.15) is 0 Å². The summed E-state index contributed by atoms with van der Waals surface area (Å²) < 4.78 is 0. The Morgan fingerprint density at radius 3 is 1.12 bits per heavy atom. The normalized spacial score (nSPS) is 9.11. The zero-order valence-corrected chi connectivity index (χ0v) is 71.4. The predicted molar refractivity (Wildman–Crippen MR) is 573 cm³/mol. The van der Waals surface area contributed by atoms with Gasteiger partial charge in [0.15, 0.2) is 0 Å². The average Bonchev–Trinajstić information content (AvgIpc) is 0.678. The van der Waals surface area contributed by atoms with E-state index in [1.165, 1.54) is 28.4 Å². The van der Waals surface area contributed by atoms with Crippen LogP contribution in [0.15, 0.2) is 0 Å². The van der Waals surface area contributed by atoms with Crippen molar-refractivity contribution in [2.75, 3.05) is 0 Å². The molecule has 0 aliphatic carbocycles. The van der Waals surface area contributed by atoms with Crippen LogP contribution < -0.4 is 38.2 Å². The maximum atomic E-state index is 8.25. The minimum atomic E-state index is -1.48. The van der Waals surface area contributed by atoms with E-state index in [9.17, 15) is 0 Å². The Balaban J connectivity index is 2.13. The Morgan fingerprint density at radius 1 is 0.264 bits per heavy atom. The average molecular weight is 1500 g/mol. The third-order valence-corrected chi connectivity index (χ3v) is 22.1. The quantitative estimate of drug-likeness (QED) is 0.0382. The van der Waals surface area contributed by atoms with Gasteiger partial charge in [0.1, 0.15) is 7.85 Å². The second kappa shape index (κ2) is 44.5. The summed E-state index contributed by atoms with van der Waals surface area (Å²) in [6.45, 7) is 16.3. The van der Waals surface area contributed by atoms with Crippen LogP contribution in [0.1, 0.15) is 115 Å². The van der Waals surface area contributed by atoms with Crippen LogP contribution in [0.4, 0.5) is 0 Å². The van der Waals surface area contributed by atoms with Crippen LogP contribution in [0.3, 0.4) is 0 Å². The van der Waals surface area contributed by atoms with Gasteiger partial charge in [0.2, 0.25) is 0 Å². The zero-order valence-electron chi connectivity index (χ0n) is 71.4. The van der Waals surface area contributed by atoms with Gasteiger partial charge < -0.3 is 0 Å². The van der Waals surface area contributed by atoms with Gasteiger partial charge in [-0.25, -0.2) is 0 Å². The van der Waals surface area contributed by atoms with Gasteiger partial charge in [-0.3, -0.25) is 0 Å². The summed E-state index contributed by atoms with van der Waals surface area (Å²) in [5.74, 6) is 107. The molecule has 33 heteroatoms. The fourth-order valence-electron chi connectivity index (χ4n) is 16.5. The van der Waals surface area contributed by atoms with E-state index in [1.54, 1.807) is 20.8 Å². The third-order valence-electron chi connectivity index (χ3n) is 22.1. The highest BCUT2D eigenvalue weighted by Crippen LogP contribution is 2.54. The number of aryl methyl sites for hydroxylation is 5. The molecule has 0 saturated heterocycles. The first kappa shape index (κ1) is 98.4. The highest BCUT2D eigenvalue weighted by atomic mass is 14.3. The van der Waals surface area contributed by atoms with Crippen molar-refractivity contribution >= 4 is 331 Å². The number of fused-ring (bicyclic) bond motifs is 6. The first-order valence-corrected chi connectivity index (χ1v) is 38.6. The van der Waals surface area contributed by atoms with Crippen molar-refractivity contribution in [1.82, 2.24) is 0 Å². The lowest BCUT2D eigenvalue weighted by Gasteiger charge is -2.42. The maximum Gasteiger partial charge on any atom is 0.113 e. The minimum absolute atomic E-state index is 0.0610. The van der Waals surface area contributed by atoms with Crippen molar-refractivity contribution in [3.8, 4) is 273 Å². The molecule has 0 heterocycles. The van der Waals surface area contributed by atoms with Gasteiger partial charge in [-0.15, -0.1) is 49.0 Å². The number of rotatable bonds is 17. The van der Waals surface area contributed by atoms with E-state index < -0.39 is 70.8 Å². The van der Waals surface area contributed by atoms with Crippen molar-refractivity contribution in [2.45, 2.75) is 83.1 Å². The Labute approximate surface area is 775 Å². The molecule has 0 spiro atoms. The van der Waals surface area contributed by atoms with Crippen molar-refractivity contribution in [1.29, 1.82) is 0 Å². The fourth-order valence-corrected chi connectivity index (χ4v) is 16.5. The van der Waals surface area contributed by atoms with Gasteiger partial charge in [-0.1, -0.05) is 86.5 Å². The molecule has 40 radical (unpaired) electrons. The Bertz CT molecular complexity index is 7390. The Morgan fingerprint density at radius 2 is 0.672 bits per heavy atom. The van der Waals surface area contributed by atoms with Crippen LogP contribution in [-0.2, 0) is 0 Å². The summed E-state index contributed by atoms with van der Waals surface area (Å²) in [4.78, 5) is 0. The highest BCUT2D eigenvalue weighted by Gasteiger charge is 2.43. The maximum absolute atomic E-state index is 8.25. The van der Waals surface area contributed by atoms with E-state index in [4.69, 9.17) is 171 Å². The molecule has 0 nitrogen and oxygen atoms in total. The molecule has 0 fully saturated rings. The summed E-state index contributed by atoms with van der Waals surface area (Å²) in [5, 5.41) is 4.23. The van der Waals surface area contributed by atoms with E-state index in [-0.39, 0.29) is 82.4 Å². The van der Waals surface area contributed by atoms with E-state index in [0.29, 0.717) is 93.3 Å².